The van der Waals surface area contributed by atoms with Crippen LogP contribution in [0.2, 0.25) is 0 Å². The second-order valence-electron chi connectivity index (χ2n) is 4.23. The number of carbonyl (C=O) groups excluding carboxylic acids is 1. The molecule has 0 heterocycles. The van der Waals surface area contributed by atoms with Crippen LogP contribution in [-0.2, 0) is 4.79 Å². The van der Waals surface area contributed by atoms with Gasteiger partial charge in [0.15, 0.2) is 5.11 Å². The molecule has 0 bridgehead atoms. The lowest BCUT2D eigenvalue weighted by Gasteiger charge is -2.11. The van der Waals surface area contributed by atoms with Gasteiger partial charge in [-0.3, -0.25) is 4.79 Å². The molecule has 0 unspecified atom stereocenters. The average molecular weight is 345 g/mol. The third-order valence-electron chi connectivity index (χ3n) is 2.52. The van der Waals surface area contributed by atoms with E-state index in [1.807, 2.05) is 6.92 Å². The Morgan fingerprint density at radius 1 is 1.47 bits per heavy atom. The smallest absolute Gasteiger partial charge is 0.226 e. The molecule has 19 heavy (non-hydrogen) atoms. The maximum absolute atomic E-state index is 11.5. The van der Waals surface area contributed by atoms with Gasteiger partial charge in [0.1, 0.15) is 5.75 Å². The normalized spacial score (nSPS) is 10.1. The fraction of sp³-hybridized carbons (Fsp3) is 0.385. The van der Waals surface area contributed by atoms with Crippen LogP contribution in [-0.4, -0.2) is 16.1 Å². The number of benzene rings is 1. The van der Waals surface area contributed by atoms with Crippen molar-refractivity contribution in [3.05, 3.63) is 22.2 Å². The predicted molar refractivity (Wildman–Crippen MR) is 84.4 cm³/mol. The Morgan fingerprint density at radius 2 is 2.16 bits per heavy atom. The number of hydrogen-bond donors (Lipinski definition) is 3. The lowest BCUT2D eigenvalue weighted by atomic mass is 10.2. The van der Waals surface area contributed by atoms with E-state index in [4.69, 9.17) is 12.2 Å². The molecule has 1 rings (SSSR count). The summed E-state index contributed by atoms with van der Waals surface area (Å²) >= 11 is 8.31. The van der Waals surface area contributed by atoms with Gasteiger partial charge in [-0.05, 0) is 59.2 Å². The summed E-state index contributed by atoms with van der Waals surface area (Å²) in [5.74, 6) is 0.109. The molecule has 104 valence electrons. The van der Waals surface area contributed by atoms with Crippen molar-refractivity contribution < 1.29 is 9.90 Å². The first-order valence-electron chi connectivity index (χ1n) is 6.04. The van der Waals surface area contributed by atoms with Crippen LogP contribution < -0.4 is 10.6 Å². The lowest BCUT2D eigenvalue weighted by molar-refractivity contribution is -0.119. The minimum Gasteiger partial charge on any atom is -0.506 e. The second-order valence-corrected chi connectivity index (χ2v) is 5.49. The summed E-state index contributed by atoms with van der Waals surface area (Å²) in [5.41, 5.74) is 1.43. The van der Waals surface area contributed by atoms with Crippen molar-refractivity contribution >= 4 is 44.9 Å². The Hall–Kier alpha value is -1.14. The Morgan fingerprint density at radius 3 is 2.74 bits per heavy atom. The Labute approximate surface area is 126 Å². The largest absolute Gasteiger partial charge is 0.506 e. The molecule has 0 aliphatic carbocycles. The standard InChI is InChI=1S/C13H17BrN2O2S/c1-3-4-5-11(17)16-13(19)15-9-6-8(2)12(18)10(14)7-9/h6-7,18H,3-5H2,1-2H3,(H2,15,16,17,19). The molecular formula is C13H17BrN2O2S. The highest BCUT2D eigenvalue weighted by atomic mass is 79.9. The van der Waals surface area contributed by atoms with E-state index in [0.29, 0.717) is 16.6 Å². The van der Waals surface area contributed by atoms with Gasteiger partial charge >= 0.3 is 0 Å². The van der Waals surface area contributed by atoms with Gasteiger partial charge in [-0.15, -0.1) is 0 Å². The number of anilines is 1. The first-order valence-corrected chi connectivity index (χ1v) is 7.24. The summed E-state index contributed by atoms with van der Waals surface area (Å²) in [5, 5.41) is 15.4. The molecule has 0 saturated carbocycles. The predicted octanol–water partition coefficient (Wildman–Crippen LogP) is 3.47. The van der Waals surface area contributed by atoms with Gasteiger partial charge in [0, 0.05) is 12.1 Å². The zero-order valence-corrected chi connectivity index (χ0v) is 13.3. The maximum Gasteiger partial charge on any atom is 0.226 e. The fourth-order valence-corrected chi connectivity index (χ4v) is 2.29. The number of phenols is 1. The zero-order valence-electron chi connectivity index (χ0n) is 10.9. The minimum atomic E-state index is -0.0890. The Balaban J connectivity index is 2.60. The molecular weight excluding hydrogens is 328 g/mol. The fourth-order valence-electron chi connectivity index (χ4n) is 1.50. The van der Waals surface area contributed by atoms with Crippen LogP contribution in [0.5, 0.6) is 5.75 Å². The van der Waals surface area contributed by atoms with E-state index in [1.54, 1.807) is 19.1 Å². The topological polar surface area (TPSA) is 61.4 Å². The van der Waals surface area contributed by atoms with Gasteiger partial charge in [-0.25, -0.2) is 0 Å². The molecule has 0 spiro atoms. The molecule has 0 atom stereocenters. The van der Waals surface area contributed by atoms with Crippen LogP contribution in [0, 0.1) is 6.92 Å². The summed E-state index contributed by atoms with van der Waals surface area (Å²) in [7, 11) is 0. The molecule has 6 heteroatoms. The number of thiocarbonyl (C=S) groups is 1. The van der Waals surface area contributed by atoms with Crippen LogP contribution in [0.3, 0.4) is 0 Å². The number of amides is 1. The van der Waals surface area contributed by atoms with Crippen molar-refractivity contribution in [2.75, 3.05) is 5.32 Å². The number of aryl methyl sites for hydroxylation is 1. The maximum atomic E-state index is 11.5. The highest BCUT2D eigenvalue weighted by Gasteiger charge is 2.07. The second kappa shape index (κ2) is 7.45. The number of halogens is 1. The number of carbonyl (C=O) groups is 1. The molecule has 0 aliphatic heterocycles. The molecule has 3 N–H and O–H groups in total. The van der Waals surface area contributed by atoms with E-state index >= 15 is 0 Å². The summed E-state index contributed by atoms with van der Waals surface area (Å²) < 4.78 is 0.579. The van der Waals surface area contributed by atoms with Gasteiger partial charge in [-0.2, -0.15) is 0 Å². The van der Waals surface area contributed by atoms with Crippen molar-refractivity contribution in [2.24, 2.45) is 0 Å². The summed E-state index contributed by atoms with van der Waals surface area (Å²) in [6.45, 7) is 3.81. The molecule has 4 nitrogen and oxygen atoms in total. The molecule has 0 fully saturated rings. The lowest BCUT2D eigenvalue weighted by Crippen LogP contribution is -2.33. The van der Waals surface area contributed by atoms with Gasteiger partial charge in [0.05, 0.1) is 4.47 Å². The monoisotopic (exact) mass is 344 g/mol. The number of phenolic OH excluding ortho intramolecular Hbond substituents is 1. The van der Waals surface area contributed by atoms with Crippen molar-refractivity contribution in [2.45, 2.75) is 33.1 Å². The van der Waals surface area contributed by atoms with Crippen LogP contribution in [0.4, 0.5) is 5.69 Å². The number of unbranched alkanes of at least 4 members (excludes halogenated alkanes) is 1. The molecule has 0 aliphatic rings. The number of rotatable bonds is 4. The van der Waals surface area contributed by atoms with Crippen LogP contribution in [0.1, 0.15) is 31.7 Å². The van der Waals surface area contributed by atoms with E-state index in [-0.39, 0.29) is 16.8 Å². The number of aromatic hydroxyl groups is 1. The average Bonchev–Trinajstić information content (AvgIpc) is 2.33. The van der Waals surface area contributed by atoms with Gasteiger partial charge in [0.25, 0.3) is 0 Å². The molecule has 0 radical (unpaired) electrons. The van der Waals surface area contributed by atoms with E-state index < -0.39 is 0 Å². The highest BCUT2D eigenvalue weighted by molar-refractivity contribution is 9.10. The molecule has 0 saturated heterocycles. The minimum absolute atomic E-state index is 0.0890. The molecule has 1 amide bonds. The van der Waals surface area contributed by atoms with Gasteiger partial charge in [0.2, 0.25) is 5.91 Å². The van der Waals surface area contributed by atoms with Crippen molar-refractivity contribution in [3.63, 3.8) is 0 Å². The summed E-state index contributed by atoms with van der Waals surface area (Å²) in [4.78, 5) is 11.5. The first kappa shape index (κ1) is 15.9. The number of hydrogen-bond acceptors (Lipinski definition) is 3. The van der Waals surface area contributed by atoms with Crippen molar-refractivity contribution in [1.82, 2.24) is 5.32 Å². The van der Waals surface area contributed by atoms with E-state index in [9.17, 15) is 9.90 Å². The Kier molecular flexibility index (Phi) is 6.24. The zero-order chi connectivity index (χ0) is 14.4. The Bertz CT molecular complexity index is 469. The molecule has 0 aromatic heterocycles. The molecule has 1 aromatic rings. The third-order valence-corrected chi connectivity index (χ3v) is 3.33. The van der Waals surface area contributed by atoms with Crippen LogP contribution in [0.15, 0.2) is 16.6 Å². The van der Waals surface area contributed by atoms with Crippen LogP contribution in [0.25, 0.3) is 0 Å². The third kappa shape index (κ3) is 5.16. The number of nitrogens with one attached hydrogen (secondary N) is 2. The van der Waals surface area contributed by atoms with E-state index in [1.165, 1.54) is 0 Å². The molecule has 1 aromatic carbocycles. The van der Waals surface area contributed by atoms with Gasteiger partial charge in [-0.1, -0.05) is 13.3 Å². The van der Waals surface area contributed by atoms with Gasteiger partial charge < -0.3 is 15.7 Å². The summed E-state index contributed by atoms with van der Waals surface area (Å²) in [6, 6.07) is 3.46. The van der Waals surface area contributed by atoms with Crippen molar-refractivity contribution in [3.8, 4) is 5.75 Å². The van der Waals surface area contributed by atoms with E-state index in [2.05, 4.69) is 26.6 Å². The first-order chi connectivity index (χ1) is 8.93. The quantitative estimate of drug-likeness (QED) is 0.578. The summed E-state index contributed by atoms with van der Waals surface area (Å²) in [6.07, 6.45) is 2.28. The highest BCUT2D eigenvalue weighted by Crippen LogP contribution is 2.30. The SMILES string of the molecule is CCCCC(=O)NC(=S)Nc1cc(C)c(O)c(Br)c1. The van der Waals surface area contributed by atoms with Crippen molar-refractivity contribution in [1.29, 1.82) is 0 Å². The van der Waals surface area contributed by atoms with Crippen LogP contribution >= 0.6 is 28.1 Å². The van der Waals surface area contributed by atoms with E-state index in [0.717, 1.165) is 18.4 Å².